The smallest absolute Gasteiger partial charge is 0.248 e. The van der Waals surface area contributed by atoms with Gasteiger partial charge in [-0.3, -0.25) is 0 Å². The number of halogens is 3. The molecule has 0 bridgehead atoms. The Morgan fingerprint density at radius 1 is 0.680 bits per heavy atom. The van der Waals surface area contributed by atoms with E-state index in [1.54, 1.807) is 0 Å². The van der Waals surface area contributed by atoms with Crippen molar-refractivity contribution < 1.29 is 4.43 Å². The Bertz CT molecular complexity index is 837. The van der Waals surface area contributed by atoms with Crippen LogP contribution in [0.1, 0.15) is 16.7 Å². The summed E-state index contributed by atoms with van der Waals surface area (Å²) in [7, 11) is 3.29. The Balaban J connectivity index is 2.26. The van der Waals surface area contributed by atoms with E-state index < -0.39 is 5.60 Å². The fourth-order valence-corrected chi connectivity index (χ4v) is 4.04. The van der Waals surface area contributed by atoms with E-state index in [0.717, 1.165) is 16.7 Å². The molecule has 0 heterocycles. The molecule has 0 amide bonds. The lowest BCUT2D eigenvalue weighted by atomic mass is 9.81. The van der Waals surface area contributed by atoms with Crippen molar-refractivity contribution in [1.29, 1.82) is 0 Å². The van der Waals surface area contributed by atoms with Crippen LogP contribution in [0.3, 0.4) is 0 Å². The molecule has 0 N–H and O–H groups in total. The van der Waals surface area contributed by atoms with Crippen LogP contribution in [-0.4, -0.2) is 10.5 Å². The standard InChI is InChI=1S/C20H14Cl3OSi/c21-17-10-4-1-7-14(17)13-20(24-25,15-8-2-5-11-18(15)22)16-9-3-6-12-19(16)23/h1-12H,13H2. The van der Waals surface area contributed by atoms with E-state index in [2.05, 4.69) is 10.5 Å². The maximum atomic E-state index is 6.52. The van der Waals surface area contributed by atoms with Crippen molar-refractivity contribution in [2.45, 2.75) is 12.0 Å². The molecule has 0 aliphatic carbocycles. The van der Waals surface area contributed by atoms with Gasteiger partial charge >= 0.3 is 0 Å². The molecule has 0 fully saturated rings. The molecule has 25 heavy (non-hydrogen) atoms. The summed E-state index contributed by atoms with van der Waals surface area (Å²) >= 11 is 19.4. The van der Waals surface area contributed by atoms with Crippen LogP contribution in [0.15, 0.2) is 72.8 Å². The van der Waals surface area contributed by atoms with Crippen LogP contribution in [0.4, 0.5) is 0 Å². The molecule has 0 aliphatic rings. The lowest BCUT2D eigenvalue weighted by Crippen LogP contribution is -2.34. The van der Waals surface area contributed by atoms with Gasteiger partial charge in [-0.25, -0.2) is 0 Å². The van der Waals surface area contributed by atoms with Crippen molar-refractivity contribution in [2.75, 3.05) is 0 Å². The van der Waals surface area contributed by atoms with Crippen LogP contribution >= 0.6 is 34.8 Å². The summed E-state index contributed by atoms with van der Waals surface area (Å²) in [6, 6.07) is 22.8. The fourth-order valence-electron chi connectivity index (χ4n) is 2.97. The second-order valence-electron chi connectivity index (χ2n) is 5.66. The summed E-state index contributed by atoms with van der Waals surface area (Å²) in [5, 5.41) is 1.84. The summed E-state index contributed by atoms with van der Waals surface area (Å²) in [6.07, 6.45) is 0.462. The molecular formula is C20H14Cl3OSi. The molecule has 0 spiro atoms. The van der Waals surface area contributed by atoms with E-state index in [1.165, 1.54) is 0 Å². The van der Waals surface area contributed by atoms with Crippen molar-refractivity contribution in [1.82, 2.24) is 0 Å². The maximum Gasteiger partial charge on any atom is 0.248 e. The Hall–Kier alpha value is -1.29. The zero-order valence-electron chi connectivity index (χ0n) is 13.2. The second kappa shape index (κ2) is 7.94. The van der Waals surface area contributed by atoms with Gasteiger partial charge in [-0.1, -0.05) is 89.4 Å². The molecule has 0 saturated carbocycles. The zero-order valence-corrected chi connectivity index (χ0v) is 16.4. The van der Waals surface area contributed by atoms with Gasteiger partial charge in [0.15, 0.2) is 0 Å². The molecule has 125 valence electrons. The minimum Gasteiger partial charge on any atom is -0.405 e. The Labute approximate surface area is 166 Å². The Morgan fingerprint density at radius 3 is 1.56 bits per heavy atom. The molecule has 3 aromatic rings. The normalized spacial score (nSPS) is 11.5. The highest BCUT2D eigenvalue weighted by Crippen LogP contribution is 2.43. The van der Waals surface area contributed by atoms with Gasteiger partial charge in [-0.2, -0.15) is 0 Å². The predicted molar refractivity (Wildman–Crippen MR) is 106 cm³/mol. The van der Waals surface area contributed by atoms with Gasteiger partial charge in [-0.05, 0) is 23.8 Å². The molecule has 0 atom stereocenters. The Kier molecular flexibility index (Phi) is 5.88. The van der Waals surface area contributed by atoms with E-state index >= 15 is 0 Å². The fraction of sp³-hybridized carbons (Fsp3) is 0.100. The van der Waals surface area contributed by atoms with Crippen molar-refractivity contribution in [2.24, 2.45) is 0 Å². The van der Waals surface area contributed by atoms with Crippen molar-refractivity contribution >= 4 is 45.3 Å². The van der Waals surface area contributed by atoms with Crippen LogP contribution in [-0.2, 0) is 16.4 Å². The maximum absolute atomic E-state index is 6.52. The summed E-state index contributed by atoms with van der Waals surface area (Å²) < 4.78 is 5.91. The summed E-state index contributed by atoms with van der Waals surface area (Å²) in [6.45, 7) is 0. The molecule has 5 heteroatoms. The summed E-state index contributed by atoms with van der Waals surface area (Å²) in [5.41, 5.74) is 1.61. The SMILES string of the molecule is [Si]OC(Cc1ccccc1Cl)(c1ccccc1Cl)c1ccccc1Cl. The van der Waals surface area contributed by atoms with Gasteiger partial charge in [-0.15, -0.1) is 0 Å². The average Bonchev–Trinajstić information content (AvgIpc) is 2.63. The van der Waals surface area contributed by atoms with Gasteiger partial charge in [0.05, 0.1) is 0 Å². The number of benzene rings is 3. The zero-order chi connectivity index (χ0) is 17.9. The highest BCUT2D eigenvalue weighted by Gasteiger charge is 2.38. The van der Waals surface area contributed by atoms with E-state index in [4.69, 9.17) is 39.2 Å². The first-order valence-corrected chi connectivity index (χ1v) is 9.21. The van der Waals surface area contributed by atoms with Crippen LogP contribution in [0, 0.1) is 0 Å². The number of hydrogen-bond acceptors (Lipinski definition) is 1. The number of rotatable bonds is 5. The molecule has 0 aliphatic heterocycles. The highest BCUT2D eigenvalue weighted by atomic mass is 35.5. The summed E-state index contributed by atoms with van der Waals surface area (Å²) in [4.78, 5) is 0. The van der Waals surface area contributed by atoms with Crippen molar-refractivity contribution in [3.63, 3.8) is 0 Å². The monoisotopic (exact) mass is 403 g/mol. The third-order valence-electron chi connectivity index (χ3n) is 4.19. The molecule has 0 unspecified atom stereocenters. The lowest BCUT2D eigenvalue weighted by Gasteiger charge is -2.36. The largest absolute Gasteiger partial charge is 0.405 e. The van der Waals surface area contributed by atoms with E-state index in [-0.39, 0.29) is 0 Å². The molecule has 3 radical (unpaired) electrons. The van der Waals surface area contributed by atoms with E-state index in [0.29, 0.717) is 21.5 Å². The molecule has 0 saturated heterocycles. The van der Waals surface area contributed by atoms with E-state index in [9.17, 15) is 0 Å². The lowest BCUT2D eigenvalue weighted by molar-refractivity contribution is 0.126. The van der Waals surface area contributed by atoms with Crippen LogP contribution in [0.2, 0.25) is 15.1 Å². The number of hydrogen-bond donors (Lipinski definition) is 0. The van der Waals surface area contributed by atoms with Gasteiger partial charge in [0.1, 0.15) is 5.60 Å². The topological polar surface area (TPSA) is 9.23 Å². The quantitative estimate of drug-likeness (QED) is 0.458. The highest BCUT2D eigenvalue weighted by molar-refractivity contribution is 6.32. The van der Waals surface area contributed by atoms with Crippen molar-refractivity contribution in [3.8, 4) is 0 Å². The average molecular weight is 405 g/mol. The van der Waals surface area contributed by atoms with E-state index in [1.807, 2.05) is 72.8 Å². The molecule has 1 nitrogen and oxygen atoms in total. The molecule has 0 aromatic heterocycles. The third kappa shape index (κ3) is 3.64. The van der Waals surface area contributed by atoms with Crippen molar-refractivity contribution in [3.05, 3.63) is 105 Å². The molecule has 3 aromatic carbocycles. The predicted octanol–water partition coefficient (Wildman–Crippen LogP) is 6.23. The first kappa shape index (κ1) is 18.5. The molecular weight excluding hydrogens is 391 g/mol. The van der Waals surface area contributed by atoms with Gasteiger partial charge in [0, 0.05) is 32.6 Å². The second-order valence-corrected chi connectivity index (χ2v) is 7.08. The minimum atomic E-state index is -0.932. The molecule has 3 rings (SSSR count). The van der Waals surface area contributed by atoms with Crippen LogP contribution in [0.25, 0.3) is 0 Å². The van der Waals surface area contributed by atoms with Gasteiger partial charge in [0.2, 0.25) is 10.5 Å². The van der Waals surface area contributed by atoms with Crippen LogP contribution in [0.5, 0.6) is 0 Å². The van der Waals surface area contributed by atoms with Gasteiger partial charge < -0.3 is 4.43 Å². The first-order chi connectivity index (χ1) is 12.1. The first-order valence-electron chi connectivity index (χ1n) is 7.66. The van der Waals surface area contributed by atoms with Crippen LogP contribution < -0.4 is 0 Å². The summed E-state index contributed by atoms with van der Waals surface area (Å²) in [5.74, 6) is 0. The third-order valence-corrected chi connectivity index (χ3v) is 5.57. The Morgan fingerprint density at radius 2 is 1.12 bits per heavy atom. The van der Waals surface area contributed by atoms with Gasteiger partial charge in [0.25, 0.3) is 0 Å². The minimum absolute atomic E-state index is 0.462.